The highest BCUT2D eigenvalue weighted by Crippen LogP contribution is 2.46. The van der Waals surface area contributed by atoms with E-state index in [4.69, 9.17) is 27.1 Å². The molecule has 0 saturated carbocycles. The maximum absolute atomic E-state index is 14.9. The molecule has 1 aromatic heterocycles. The third-order valence-electron chi connectivity index (χ3n) is 8.38. The SMILES string of the molecule is C=NN(C(=NC)C(F)F)c1cc([C@@H](COc2ccc(F)cc2F)N2C(=O)[C@@](CC(C)(C)C)(c3ccc(-c4cnn(C(F)F)c4)cc3)N=C2N)ccc1Cl. The summed E-state index contributed by atoms with van der Waals surface area (Å²) in [5.74, 6) is -3.81. The minimum absolute atomic E-state index is 0.0251. The van der Waals surface area contributed by atoms with E-state index in [0.717, 1.165) is 29.1 Å². The van der Waals surface area contributed by atoms with E-state index in [9.17, 15) is 31.1 Å². The first-order valence-corrected chi connectivity index (χ1v) is 16.4. The van der Waals surface area contributed by atoms with Gasteiger partial charge in [-0.15, -0.1) is 0 Å². The number of aromatic nitrogens is 2. The molecule has 0 unspecified atom stereocenters. The van der Waals surface area contributed by atoms with Crippen molar-refractivity contribution in [3.05, 3.63) is 101 Å². The number of anilines is 1. The van der Waals surface area contributed by atoms with Gasteiger partial charge in [-0.25, -0.2) is 32.2 Å². The highest BCUT2D eigenvalue weighted by Gasteiger charge is 2.53. The van der Waals surface area contributed by atoms with Crippen LogP contribution in [0, 0.1) is 17.0 Å². The molecule has 0 spiro atoms. The topological polar surface area (TPSA) is 114 Å². The quantitative estimate of drug-likeness (QED) is 0.0677. The fraction of sp³-hybridized carbons (Fsp3) is 0.306. The second kappa shape index (κ2) is 15.3. The summed E-state index contributed by atoms with van der Waals surface area (Å²) in [6.45, 7) is 5.79. The fourth-order valence-electron chi connectivity index (χ4n) is 6.14. The van der Waals surface area contributed by atoms with Gasteiger partial charge in [0.05, 0.1) is 22.9 Å². The molecule has 0 aliphatic carbocycles. The van der Waals surface area contributed by atoms with E-state index >= 15 is 0 Å². The van der Waals surface area contributed by atoms with Crippen molar-refractivity contribution in [1.29, 1.82) is 0 Å². The summed E-state index contributed by atoms with van der Waals surface area (Å²) in [5.41, 5.74) is 5.99. The van der Waals surface area contributed by atoms with Crippen LogP contribution in [0.5, 0.6) is 5.75 Å². The van der Waals surface area contributed by atoms with E-state index < -0.39 is 60.0 Å². The van der Waals surface area contributed by atoms with E-state index in [1.165, 1.54) is 30.6 Å². The van der Waals surface area contributed by atoms with Gasteiger partial charge in [-0.3, -0.25) is 14.7 Å². The average Bonchev–Trinajstić information content (AvgIpc) is 3.68. The molecule has 3 aromatic carbocycles. The van der Waals surface area contributed by atoms with Crippen molar-refractivity contribution in [3.63, 3.8) is 0 Å². The average molecular weight is 761 g/mol. The molecule has 10 nitrogen and oxygen atoms in total. The number of hydrogen-bond donors (Lipinski definition) is 1. The fourth-order valence-corrected chi connectivity index (χ4v) is 6.34. The summed E-state index contributed by atoms with van der Waals surface area (Å²) < 4.78 is 89.1. The lowest BCUT2D eigenvalue weighted by molar-refractivity contribution is -0.134. The molecule has 0 radical (unpaired) electrons. The number of aliphatic imine (C=N–C) groups is 2. The first-order valence-electron chi connectivity index (χ1n) is 16.0. The Bertz CT molecular complexity index is 2050. The standard InChI is InChI=1S/C36H35ClF6N8O2/c1-35(2,3)19-36(23-9-6-20(7-10-23)22-16-47-49(17-22)33(42)43)32(52)50(34(44)48-36)28(18-53-29-13-11-24(38)15-26(29)39)21-8-12-25(37)27(14-21)51(46-5)31(45-4)30(40)41/h6-17,28,30,33H,5,18-19H2,1-4H3,(H2,44,48)/t28-,36-/m1/s1. The van der Waals surface area contributed by atoms with E-state index in [1.807, 2.05) is 20.8 Å². The molecule has 4 aromatic rings. The first kappa shape index (κ1) is 38.8. The van der Waals surface area contributed by atoms with Crippen LogP contribution in [-0.2, 0) is 10.3 Å². The van der Waals surface area contributed by atoms with Crippen LogP contribution in [0.2, 0.25) is 5.02 Å². The number of carbonyl (C=O) groups excluding carboxylic acids is 1. The third kappa shape index (κ3) is 8.01. The lowest BCUT2D eigenvalue weighted by atomic mass is 9.75. The van der Waals surface area contributed by atoms with Crippen LogP contribution in [0.25, 0.3) is 11.1 Å². The zero-order valence-electron chi connectivity index (χ0n) is 29.0. The Morgan fingerprint density at radius 1 is 1.06 bits per heavy atom. The molecular weight excluding hydrogens is 726 g/mol. The number of halogens is 7. The molecular formula is C36H35ClF6N8O2. The molecule has 53 heavy (non-hydrogen) atoms. The number of nitrogens with zero attached hydrogens (tertiary/aromatic N) is 7. The molecule has 17 heteroatoms. The van der Waals surface area contributed by atoms with Crippen molar-refractivity contribution in [2.24, 2.45) is 26.2 Å². The molecule has 2 atom stereocenters. The van der Waals surface area contributed by atoms with Gasteiger partial charge in [0.15, 0.2) is 28.9 Å². The number of alkyl halides is 4. The second-order valence-corrected chi connectivity index (χ2v) is 13.7. The number of rotatable bonds is 12. The Kier molecular flexibility index (Phi) is 11.2. The molecule has 0 saturated heterocycles. The number of guanidine groups is 1. The predicted molar refractivity (Wildman–Crippen MR) is 191 cm³/mol. The number of ether oxygens (including phenoxy) is 1. The molecule has 0 fully saturated rings. The smallest absolute Gasteiger partial charge is 0.333 e. The van der Waals surface area contributed by atoms with Crippen LogP contribution in [-0.4, -0.2) is 59.2 Å². The van der Waals surface area contributed by atoms with Crippen molar-refractivity contribution in [2.75, 3.05) is 18.7 Å². The predicted octanol–water partition coefficient (Wildman–Crippen LogP) is 8.20. The molecule has 2 heterocycles. The van der Waals surface area contributed by atoms with E-state index in [-0.39, 0.29) is 34.4 Å². The number of hydrogen-bond acceptors (Lipinski definition) is 7. The minimum Gasteiger partial charge on any atom is -0.488 e. The highest BCUT2D eigenvalue weighted by molar-refractivity contribution is 6.34. The van der Waals surface area contributed by atoms with Crippen molar-refractivity contribution < 1.29 is 35.9 Å². The maximum Gasteiger partial charge on any atom is 0.333 e. The van der Waals surface area contributed by atoms with Gasteiger partial charge in [0.25, 0.3) is 12.3 Å². The molecule has 1 amide bonds. The Morgan fingerprint density at radius 3 is 2.32 bits per heavy atom. The number of benzene rings is 3. The van der Waals surface area contributed by atoms with Gasteiger partial charge in [0.1, 0.15) is 12.4 Å². The summed E-state index contributed by atoms with van der Waals surface area (Å²) in [6, 6.07) is 12.3. The first-order chi connectivity index (χ1) is 25.0. The van der Waals surface area contributed by atoms with Crippen molar-refractivity contribution >= 4 is 41.7 Å². The van der Waals surface area contributed by atoms with Gasteiger partial charge in [0, 0.05) is 31.6 Å². The summed E-state index contributed by atoms with van der Waals surface area (Å²) >= 11 is 6.46. The Hall–Kier alpha value is -5.38. The highest BCUT2D eigenvalue weighted by atomic mass is 35.5. The summed E-state index contributed by atoms with van der Waals surface area (Å²) in [7, 11) is 1.14. The Morgan fingerprint density at radius 2 is 1.75 bits per heavy atom. The van der Waals surface area contributed by atoms with E-state index in [0.29, 0.717) is 27.4 Å². The van der Waals surface area contributed by atoms with E-state index in [1.54, 1.807) is 24.3 Å². The zero-order valence-corrected chi connectivity index (χ0v) is 29.7. The molecule has 0 bridgehead atoms. The van der Waals surface area contributed by atoms with Gasteiger partial charge >= 0.3 is 6.55 Å². The van der Waals surface area contributed by atoms with Crippen molar-refractivity contribution in [3.8, 4) is 16.9 Å². The Labute approximate surface area is 306 Å². The number of amides is 1. The zero-order chi connectivity index (χ0) is 38.8. The summed E-state index contributed by atoms with van der Waals surface area (Å²) in [6.07, 6.45) is -0.445. The number of nitrogens with two attached hydrogens (primary N) is 1. The lowest BCUT2D eigenvalue weighted by Crippen LogP contribution is -2.47. The van der Waals surface area contributed by atoms with Crippen LogP contribution in [0.3, 0.4) is 0 Å². The molecule has 5 rings (SSSR count). The molecule has 280 valence electrons. The Balaban J connectivity index is 1.62. The summed E-state index contributed by atoms with van der Waals surface area (Å²) in [5, 5.41) is 8.10. The van der Waals surface area contributed by atoms with Crippen LogP contribution in [0.4, 0.5) is 32.0 Å². The molecule has 1 aliphatic rings. The van der Waals surface area contributed by atoms with Gasteiger partial charge in [0.2, 0.25) is 0 Å². The second-order valence-electron chi connectivity index (χ2n) is 13.3. The van der Waals surface area contributed by atoms with Crippen LogP contribution >= 0.6 is 11.6 Å². The van der Waals surface area contributed by atoms with Gasteiger partial charge < -0.3 is 10.5 Å². The monoisotopic (exact) mass is 760 g/mol. The molecule has 1 aliphatic heterocycles. The third-order valence-corrected chi connectivity index (χ3v) is 8.70. The maximum atomic E-state index is 14.9. The van der Waals surface area contributed by atoms with Crippen LogP contribution < -0.4 is 15.5 Å². The number of carbonyl (C=O) groups is 1. The van der Waals surface area contributed by atoms with Crippen molar-refractivity contribution in [1.82, 2.24) is 14.7 Å². The number of amidine groups is 1. The number of hydrazone groups is 1. The molecule has 2 N–H and O–H groups in total. The lowest BCUT2D eigenvalue weighted by Gasteiger charge is -2.35. The normalized spacial score (nSPS) is 17.1. The van der Waals surface area contributed by atoms with Gasteiger partial charge in [-0.2, -0.15) is 19.0 Å². The minimum atomic E-state index is -3.07. The van der Waals surface area contributed by atoms with Gasteiger partial charge in [-0.1, -0.05) is 62.7 Å². The van der Waals surface area contributed by atoms with E-state index in [2.05, 4.69) is 21.9 Å². The summed E-state index contributed by atoms with van der Waals surface area (Å²) in [4.78, 5) is 24.5. The largest absolute Gasteiger partial charge is 0.488 e. The van der Waals surface area contributed by atoms with Gasteiger partial charge in [-0.05, 0) is 52.8 Å². The van der Waals surface area contributed by atoms with Crippen molar-refractivity contribution in [2.45, 2.75) is 51.7 Å². The van der Waals surface area contributed by atoms with Crippen LogP contribution in [0.1, 0.15) is 50.9 Å². The van der Waals surface area contributed by atoms with Crippen LogP contribution in [0.15, 0.2) is 88.1 Å².